The summed E-state index contributed by atoms with van der Waals surface area (Å²) >= 11 is 6.52. The van der Waals surface area contributed by atoms with E-state index in [1.54, 1.807) is 17.4 Å². The Morgan fingerprint density at radius 2 is 2.10 bits per heavy atom. The molecule has 3 rings (SSSR count). The first-order valence-corrected chi connectivity index (χ1v) is 8.76. The third-order valence-electron chi connectivity index (χ3n) is 2.71. The Kier molecular flexibility index (Phi) is 4.48. The topological polar surface area (TPSA) is 39.2 Å². The molecule has 0 bridgehead atoms. The number of hydrogen-bond acceptors (Lipinski definition) is 5. The lowest BCUT2D eigenvalue weighted by Crippen LogP contribution is -2.11. The Bertz CT molecular complexity index is 753. The van der Waals surface area contributed by atoms with E-state index in [0.717, 1.165) is 20.7 Å². The minimum absolute atomic E-state index is 0.169. The Hall–Kier alpha value is -1.50. The second-order valence-corrected chi connectivity index (χ2v) is 6.73. The van der Waals surface area contributed by atoms with Crippen molar-refractivity contribution in [3.8, 4) is 16.3 Å². The van der Waals surface area contributed by atoms with E-state index in [4.69, 9.17) is 4.74 Å². The fourth-order valence-electron chi connectivity index (χ4n) is 1.74. The molecule has 0 spiro atoms. The average molecular weight is 380 g/mol. The highest BCUT2D eigenvalue weighted by Crippen LogP contribution is 2.27. The van der Waals surface area contributed by atoms with E-state index in [9.17, 15) is 4.79 Å². The lowest BCUT2D eigenvalue weighted by molar-refractivity contribution is -0.133. The van der Waals surface area contributed by atoms with Gasteiger partial charge in [-0.15, -0.1) is 11.3 Å². The van der Waals surface area contributed by atoms with Gasteiger partial charge in [0.15, 0.2) is 0 Å². The van der Waals surface area contributed by atoms with Crippen LogP contribution in [0.5, 0.6) is 5.75 Å². The van der Waals surface area contributed by atoms with Gasteiger partial charge in [-0.05, 0) is 39.5 Å². The largest absolute Gasteiger partial charge is 0.425 e. The molecule has 6 heteroatoms. The zero-order valence-corrected chi connectivity index (χ0v) is 14.0. The molecule has 0 unspecified atom stereocenters. The van der Waals surface area contributed by atoms with Crippen LogP contribution in [0.4, 0.5) is 0 Å². The van der Waals surface area contributed by atoms with Crippen LogP contribution in [0, 0.1) is 0 Å². The summed E-state index contributed by atoms with van der Waals surface area (Å²) in [5, 5.41) is 6.88. The Labute approximate surface area is 138 Å². The smallest absolute Gasteiger partial charge is 0.317 e. The van der Waals surface area contributed by atoms with Crippen molar-refractivity contribution in [1.29, 1.82) is 0 Å². The molecule has 0 amide bonds. The number of halogens is 1. The number of rotatable bonds is 4. The minimum Gasteiger partial charge on any atom is -0.425 e. The highest BCUT2D eigenvalue weighted by molar-refractivity contribution is 9.10. The van der Waals surface area contributed by atoms with Crippen molar-refractivity contribution in [2.75, 3.05) is 0 Å². The van der Waals surface area contributed by atoms with E-state index in [-0.39, 0.29) is 12.4 Å². The third kappa shape index (κ3) is 3.58. The highest BCUT2D eigenvalue weighted by atomic mass is 79.9. The van der Waals surface area contributed by atoms with Gasteiger partial charge in [-0.25, -0.2) is 4.98 Å². The number of ether oxygens (including phenoxy) is 1. The van der Waals surface area contributed by atoms with Crippen LogP contribution in [-0.4, -0.2) is 11.0 Å². The maximum Gasteiger partial charge on any atom is 0.317 e. The van der Waals surface area contributed by atoms with Crippen molar-refractivity contribution >= 4 is 44.6 Å². The number of thiophene rings is 1. The van der Waals surface area contributed by atoms with Crippen LogP contribution < -0.4 is 4.74 Å². The highest BCUT2D eigenvalue weighted by Gasteiger charge is 2.12. The standard InChI is InChI=1S/C15H10BrNO2S2/c16-12-3-1-2-4-13(12)19-14(18)7-11-9-21-15(17-11)10-5-6-20-8-10/h1-6,8-9H,7H2. The van der Waals surface area contributed by atoms with Gasteiger partial charge in [0, 0.05) is 16.3 Å². The third-order valence-corrected chi connectivity index (χ3v) is 4.98. The number of benzene rings is 1. The fourth-order valence-corrected chi connectivity index (χ4v) is 3.64. The number of nitrogens with zero attached hydrogens (tertiary/aromatic N) is 1. The molecule has 106 valence electrons. The van der Waals surface area contributed by atoms with Gasteiger partial charge in [-0.1, -0.05) is 12.1 Å². The van der Waals surface area contributed by atoms with Gasteiger partial charge in [0.2, 0.25) is 0 Å². The van der Waals surface area contributed by atoms with Gasteiger partial charge < -0.3 is 4.74 Å². The number of aromatic nitrogens is 1. The maximum absolute atomic E-state index is 12.0. The summed E-state index contributed by atoms with van der Waals surface area (Å²) < 4.78 is 6.09. The number of carbonyl (C=O) groups excluding carboxylic acids is 1. The Balaban J connectivity index is 1.67. The van der Waals surface area contributed by atoms with Gasteiger partial charge in [-0.3, -0.25) is 4.79 Å². The van der Waals surface area contributed by atoms with E-state index in [2.05, 4.69) is 20.9 Å². The van der Waals surface area contributed by atoms with Crippen LogP contribution in [0.15, 0.2) is 50.9 Å². The lowest BCUT2D eigenvalue weighted by Gasteiger charge is -2.04. The summed E-state index contributed by atoms with van der Waals surface area (Å²) in [6.07, 6.45) is 0.169. The average Bonchev–Trinajstić information content (AvgIpc) is 3.12. The number of carbonyl (C=O) groups is 1. The number of hydrogen-bond donors (Lipinski definition) is 0. The van der Waals surface area contributed by atoms with Crippen LogP contribution in [0.3, 0.4) is 0 Å². The number of esters is 1. The first-order valence-electron chi connectivity index (χ1n) is 6.14. The molecule has 0 aliphatic rings. The van der Waals surface area contributed by atoms with Gasteiger partial charge in [0.25, 0.3) is 0 Å². The zero-order valence-electron chi connectivity index (χ0n) is 10.8. The summed E-state index contributed by atoms with van der Waals surface area (Å²) in [7, 11) is 0. The van der Waals surface area contributed by atoms with Gasteiger partial charge in [-0.2, -0.15) is 11.3 Å². The van der Waals surface area contributed by atoms with E-state index in [1.807, 2.05) is 40.4 Å². The van der Waals surface area contributed by atoms with E-state index < -0.39 is 0 Å². The normalized spacial score (nSPS) is 10.5. The summed E-state index contributed by atoms with van der Waals surface area (Å²) in [6.45, 7) is 0. The first-order chi connectivity index (χ1) is 10.2. The molecule has 1 aromatic carbocycles. The fraction of sp³-hybridized carbons (Fsp3) is 0.0667. The van der Waals surface area contributed by atoms with Gasteiger partial charge in [0.1, 0.15) is 10.8 Å². The maximum atomic E-state index is 12.0. The minimum atomic E-state index is -0.316. The molecule has 2 aromatic heterocycles. The summed E-state index contributed by atoms with van der Waals surface area (Å²) in [6, 6.07) is 9.30. The quantitative estimate of drug-likeness (QED) is 0.483. The summed E-state index contributed by atoms with van der Waals surface area (Å²) in [5.74, 6) is 0.208. The van der Waals surface area contributed by atoms with Crippen molar-refractivity contribution in [3.63, 3.8) is 0 Å². The molecule has 0 saturated heterocycles. The zero-order chi connectivity index (χ0) is 14.7. The Morgan fingerprint density at radius 1 is 1.24 bits per heavy atom. The molecule has 0 fully saturated rings. The monoisotopic (exact) mass is 379 g/mol. The van der Waals surface area contributed by atoms with Gasteiger partial charge >= 0.3 is 5.97 Å². The molecule has 3 nitrogen and oxygen atoms in total. The number of para-hydroxylation sites is 1. The molecule has 0 aliphatic carbocycles. The molecular weight excluding hydrogens is 370 g/mol. The first kappa shape index (κ1) is 14.4. The second kappa shape index (κ2) is 6.51. The van der Waals surface area contributed by atoms with E-state index in [0.29, 0.717) is 5.75 Å². The molecular formula is C15H10BrNO2S2. The van der Waals surface area contributed by atoms with Crippen LogP contribution in [0.1, 0.15) is 5.69 Å². The van der Waals surface area contributed by atoms with Crippen LogP contribution >= 0.6 is 38.6 Å². The SMILES string of the molecule is O=C(Cc1csc(-c2ccsc2)n1)Oc1ccccc1Br. The van der Waals surface area contributed by atoms with Crippen molar-refractivity contribution in [3.05, 3.63) is 56.6 Å². The van der Waals surface area contributed by atoms with Crippen molar-refractivity contribution in [1.82, 2.24) is 4.98 Å². The second-order valence-electron chi connectivity index (χ2n) is 4.24. The molecule has 0 N–H and O–H groups in total. The predicted molar refractivity (Wildman–Crippen MR) is 88.9 cm³/mol. The van der Waals surface area contributed by atoms with Crippen LogP contribution in [0.2, 0.25) is 0 Å². The molecule has 0 atom stereocenters. The van der Waals surface area contributed by atoms with E-state index in [1.165, 1.54) is 11.3 Å². The Morgan fingerprint density at radius 3 is 2.86 bits per heavy atom. The van der Waals surface area contributed by atoms with Crippen LogP contribution in [-0.2, 0) is 11.2 Å². The van der Waals surface area contributed by atoms with Crippen molar-refractivity contribution in [2.24, 2.45) is 0 Å². The molecule has 0 saturated carbocycles. The van der Waals surface area contributed by atoms with Gasteiger partial charge in [0.05, 0.1) is 16.6 Å². The summed E-state index contributed by atoms with van der Waals surface area (Å²) in [5.41, 5.74) is 1.83. The predicted octanol–water partition coefficient (Wildman–Crippen LogP) is 4.78. The van der Waals surface area contributed by atoms with Crippen molar-refractivity contribution in [2.45, 2.75) is 6.42 Å². The van der Waals surface area contributed by atoms with E-state index >= 15 is 0 Å². The number of thiazole rings is 1. The lowest BCUT2D eigenvalue weighted by atomic mass is 10.3. The molecule has 3 aromatic rings. The van der Waals surface area contributed by atoms with Crippen LogP contribution in [0.25, 0.3) is 10.6 Å². The summed E-state index contributed by atoms with van der Waals surface area (Å²) in [4.78, 5) is 16.4. The molecule has 2 heterocycles. The molecule has 0 aliphatic heterocycles. The molecule has 21 heavy (non-hydrogen) atoms. The molecule has 0 radical (unpaired) electrons. The van der Waals surface area contributed by atoms with Crippen molar-refractivity contribution < 1.29 is 9.53 Å².